The maximum Gasteiger partial charge on any atom is 0.319 e. The molecule has 0 spiro atoms. The van der Waals surface area contributed by atoms with E-state index in [4.69, 9.17) is 10.2 Å². The van der Waals surface area contributed by atoms with Crippen LogP contribution in [0, 0.1) is 0 Å². The van der Waals surface area contributed by atoms with Crippen LogP contribution in [0.5, 0.6) is 0 Å². The fourth-order valence-corrected chi connectivity index (χ4v) is 0.206. The number of carbonyl (C=O) groups excluding carboxylic acids is 1. The van der Waals surface area contributed by atoms with Gasteiger partial charge < -0.3 is 27.8 Å². The number of hydrogen-bond acceptors (Lipinski definition) is 4. The van der Waals surface area contributed by atoms with Gasteiger partial charge in [-0.2, -0.15) is 0 Å². The molecule has 0 bridgehead atoms. The van der Waals surface area contributed by atoms with Gasteiger partial charge in [0.05, 0.1) is 0 Å². The van der Waals surface area contributed by atoms with Gasteiger partial charge in [-0.25, -0.2) is 4.79 Å². The van der Waals surface area contributed by atoms with Crippen molar-refractivity contribution in [1.29, 1.82) is 0 Å². The molecule has 2 amide bonds. The summed E-state index contributed by atoms with van der Waals surface area (Å²) in [6.07, 6.45) is 0. The molecule has 0 rings (SSSR count). The van der Waals surface area contributed by atoms with Gasteiger partial charge in [-0.1, -0.05) is 0 Å². The molecule has 9 heteroatoms. The van der Waals surface area contributed by atoms with E-state index in [-0.39, 0.29) is 6.15 Å². The molecular weight excluding hydrogens is 204 g/mol. The number of hydrogen-bond donors (Lipinski definition) is 6. The summed E-state index contributed by atoms with van der Waals surface area (Å²) in [4.78, 5) is 9.67. The average Bonchev–Trinajstić information content (AvgIpc) is 1.56. The predicted molar refractivity (Wildman–Crippen MR) is 52.4 cm³/mol. The lowest BCUT2D eigenvalue weighted by atomic mass is 11.0. The van der Waals surface area contributed by atoms with Crippen LogP contribution in [0.4, 0.5) is 4.79 Å². The number of carbonyl (C=O) groups is 1. The molecule has 72 valence electrons. The van der Waals surface area contributed by atoms with Crippen molar-refractivity contribution in [3.63, 3.8) is 0 Å². The van der Waals surface area contributed by atoms with Gasteiger partial charge in [0, 0.05) is 0 Å². The molecule has 0 fully saturated rings. The number of aliphatic hydroxyl groups is 2. The van der Waals surface area contributed by atoms with Crippen molar-refractivity contribution in [2.75, 3.05) is 0 Å². The number of rotatable bonds is 0. The molecule has 7 nitrogen and oxygen atoms in total. The summed E-state index contributed by atoms with van der Waals surface area (Å²) in [6, 6.07) is -0.854. The minimum atomic E-state index is -0.854. The molecule has 0 radical (unpaired) electrons. The number of amides is 2. The summed E-state index contributed by atoms with van der Waals surface area (Å²) in [5.74, 6) is 0. The Kier molecular flexibility index (Phi) is 13.9. The molecule has 0 aliphatic carbocycles. The van der Waals surface area contributed by atoms with Crippen LogP contribution in [-0.2, 0) is 0 Å². The Hall–Kier alpha value is -1.19. The molecule has 0 saturated heterocycles. The van der Waals surface area contributed by atoms with Crippen LogP contribution in [0.1, 0.15) is 0 Å². The minimum absolute atomic E-state index is 0. The zero-order valence-electron chi connectivity index (χ0n) is 5.98. The topological polar surface area (TPSA) is 157 Å². The average molecular weight is 214 g/mol. The largest absolute Gasteiger partial charge is 0.487 e. The zero-order valence-corrected chi connectivity index (χ0v) is 7.61. The predicted octanol–water partition coefficient (Wildman–Crippen LogP) is -0.552. The van der Waals surface area contributed by atoms with E-state index in [1.54, 1.807) is 5.32 Å². The van der Waals surface area contributed by atoms with Crippen LogP contribution in [0.2, 0.25) is 0 Å². The number of aliphatic hydroxyl groups excluding tert-OH is 2. The van der Waals surface area contributed by atoms with Crippen LogP contribution in [0.25, 0.3) is 0 Å². The van der Waals surface area contributed by atoms with Crippen molar-refractivity contribution in [2.24, 2.45) is 11.5 Å². The fraction of sp³-hybridized carbons (Fsp3) is 0. The van der Waals surface area contributed by atoms with Gasteiger partial charge in [-0.15, -0.1) is 0 Å². The van der Waals surface area contributed by atoms with E-state index in [0.29, 0.717) is 0 Å². The Balaban J connectivity index is -0.000000142. The molecule has 0 aromatic heterocycles. The van der Waals surface area contributed by atoms with Gasteiger partial charge in [0.1, 0.15) is 0 Å². The summed E-state index contributed by atoms with van der Waals surface area (Å²) < 4.78 is 0. The van der Waals surface area contributed by atoms with Crippen LogP contribution in [0.15, 0.2) is 0 Å². The van der Waals surface area contributed by atoms with Crippen molar-refractivity contribution >= 4 is 40.8 Å². The number of primary amides is 1. The highest BCUT2D eigenvalue weighted by Crippen LogP contribution is 1.58. The van der Waals surface area contributed by atoms with Gasteiger partial charge in [0.2, 0.25) is 0 Å². The lowest BCUT2D eigenvalue weighted by molar-refractivity contribution is 0.252. The Labute approximate surface area is 79.3 Å². The number of nitrogens with one attached hydrogen (secondary N) is 1. The van der Waals surface area contributed by atoms with Crippen LogP contribution < -0.4 is 22.9 Å². The van der Waals surface area contributed by atoms with Crippen LogP contribution in [-0.4, -0.2) is 26.6 Å². The highest BCUT2D eigenvalue weighted by atomic mass is 32.1. The van der Waals surface area contributed by atoms with Crippen LogP contribution >= 0.6 is 24.4 Å². The minimum Gasteiger partial charge on any atom is -0.487 e. The lowest BCUT2D eigenvalue weighted by Gasteiger charge is -1.90. The first-order chi connectivity index (χ1) is 4.86. The normalized spacial score (nSPS) is 6.33. The molecule has 10 N–H and O–H groups in total. The van der Waals surface area contributed by atoms with Gasteiger partial charge >= 0.3 is 6.03 Å². The molecule has 0 atom stereocenters. The summed E-state index contributed by atoms with van der Waals surface area (Å²) >= 11 is 7.89. The van der Waals surface area contributed by atoms with Crippen LogP contribution in [0.3, 0.4) is 0 Å². The molecule has 0 aromatic carbocycles. The summed E-state index contributed by atoms with van der Waals surface area (Å²) in [6.45, 7) is 0. The first-order valence-corrected chi connectivity index (χ1v) is 2.95. The maximum atomic E-state index is 9.67. The van der Waals surface area contributed by atoms with E-state index in [1.807, 2.05) is 0 Å². The van der Waals surface area contributed by atoms with E-state index in [2.05, 4.69) is 35.9 Å². The Morgan fingerprint density at radius 3 is 1.50 bits per heavy atom. The smallest absolute Gasteiger partial charge is 0.319 e. The van der Waals surface area contributed by atoms with E-state index in [0.717, 1.165) is 0 Å². The monoisotopic (exact) mass is 214 g/mol. The van der Waals surface area contributed by atoms with Gasteiger partial charge in [0.15, 0.2) is 0 Å². The van der Waals surface area contributed by atoms with Gasteiger partial charge in [-0.05, 0) is 24.4 Å². The second-order valence-corrected chi connectivity index (χ2v) is 1.94. The second-order valence-electron chi connectivity index (χ2n) is 1.13. The van der Waals surface area contributed by atoms with Crippen molar-refractivity contribution in [2.45, 2.75) is 0 Å². The summed E-state index contributed by atoms with van der Waals surface area (Å²) in [5, 5.41) is 16.2. The third kappa shape index (κ3) is 68.1. The van der Waals surface area contributed by atoms with Crippen molar-refractivity contribution in [3.05, 3.63) is 0 Å². The first-order valence-electron chi connectivity index (χ1n) is 2.14. The van der Waals surface area contributed by atoms with E-state index in [9.17, 15) is 4.79 Å². The van der Waals surface area contributed by atoms with E-state index < -0.39 is 16.4 Å². The number of urea groups is 1. The molecule has 0 heterocycles. The fourth-order valence-electron chi connectivity index (χ4n) is 0.105. The molecule has 12 heavy (non-hydrogen) atoms. The standard InChI is InChI=1S/C2H4N2O2S.CH3NOS.H3N/c3-1(5)4-2(6)7;2-1(3)4;/h(H4,3,4,5,6,7);(H3,2,3,4);1H3. The third-order valence-electron chi connectivity index (χ3n) is 0.230. The summed E-state index contributed by atoms with van der Waals surface area (Å²) in [5.41, 5.74) is 8.89. The van der Waals surface area contributed by atoms with Crippen molar-refractivity contribution in [1.82, 2.24) is 11.5 Å². The van der Waals surface area contributed by atoms with E-state index in [1.165, 1.54) is 0 Å². The van der Waals surface area contributed by atoms with E-state index >= 15 is 0 Å². The SMILES string of the molecule is N.NC(=O)NC(O)=S.NC(O)=S. The van der Waals surface area contributed by atoms with Crippen molar-refractivity contribution in [3.8, 4) is 0 Å². The number of thiocarbonyl (C=S) groups is 2. The van der Waals surface area contributed by atoms with Gasteiger partial charge in [-0.3, -0.25) is 5.32 Å². The molecule has 0 saturated carbocycles. The van der Waals surface area contributed by atoms with Crippen molar-refractivity contribution < 1.29 is 15.0 Å². The summed E-state index contributed by atoms with van der Waals surface area (Å²) in [7, 11) is 0. The van der Waals surface area contributed by atoms with Gasteiger partial charge in [0.25, 0.3) is 10.3 Å². The maximum absolute atomic E-state index is 9.67. The molecular formula is C3H10N4O3S2. The highest BCUT2D eigenvalue weighted by molar-refractivity contribution is 7.80. The Morgan fingerprint density at radius 2 is 1.50 bits per heavy atom. The highest BCUT2D eigenvalue weighted by Gasteiger charge is 1.90. The molecule has 0 aliphatic heterocycles. The molecule has 0 unspecified atom stereocenters. The Bertz CT molecular complexity index is 157. The zero-order chi connectivity index (χ0) is 9.44. The molecule has 0 aliphatic rings. The lowest BCUT2D eigenvalue weighted by Crippen LogP contribution is -2.33. The second kappa shape index (κ2) is 9.81. The Morgan fingerprint density at radius 1 is 1.25 bits per heavy atom. The third-order valence-corrected chi connectivity index (χ3v) is 0.332. The molecule has 0 aromatic rings. The number of nitrogens with two attached hydrogens (primary N) is 2. The quantitative estimate of drug-likeness (QED) is 0.295. The first kappa shape index (κ1) is 17.1.